The SMILES string of the molecule is CCOc1ccc(NC(=S)N/N=C\c2ccc(Cl)c([N+](=O)[O-])c2)cc1. The summed E-state index contributed by atoms with van der Waals surface area (Å²) in [7, 11) is 0. The largest absolute Gasteiger partial charge is 0.494 e. The Hall–Kier alpha value is -2.71. The van der Waals surface area contributed by atoms with Crippen LogP contribution in [0.4, 0.5) is 11.4 Å². The molecular formula is C16H15ClN4O3S. The third kappa shape index (κ3) is 5.70. The van der Waals surface area contributed by atoms with Gasteiger partial charge in [-0.2, -0.15) is 5.10 Å². The topological polar surface area (TPSA) is 88.8 Å². The summed E-state index contributed by atoms with van der Waals surface area (Å²) >= 11 is 10.9. The molecule has 2 aromatic carbocycles. The molecule has 0 unspecified atom stereocenters. The van der Waals surface area contributed by atoms with Crippen molar-refractivity contribution in [1.82, 2.24) is 5.43 Å². The number of nitro benzene ring substituents is 1. The summed E-state index contributed by atoms with van der Waals surface area (Å²) in [6, 6.07) is 11.7. The fraction of sp³-hybridized carbons (Fsp3) is 0.125. The second kappa shape index (κ2) is 8.95. The van der Waals surface area contributed by atoms with Gasteiger partial charge >= 0.3 is 0 Å². The molecule has 2 N–H and O–H groups in total. The van der Waals surface area contributed by atoms with Crippen molar-refractivity contribution in [2.75, 3.05) is 11.9 Å². The number of anilines is 1. The van der Waals surface area contributed by atoms with E-state index in [1.165, 1.54) is 18.3 Å². The van der Waals surface area contributed by atoms with Crippen molar-refractivity contribution in [2.24, 2.45) is 5.10 Å². The van der Waals surface area contributed by atoms with Crippen LogP contribution in [-0.2, 0) is 0 Å². The van der Waals surface area contributed by atoms with Crippen molar-refractivity contribution >= 4 is 46.5 Å². The van der Waals surface area contributed by atoms with Crippen LogP contribution in [0.2, 0.25) is 5.02 Å². The van der Waals surface area contributed by atoms with Gasteiger partial charge < -0.3 is 10.1 Å². The average Bonchev–Trinajstić information content (AvgIpc) is 2.58. The van der Waals surface area contributed by atoms with Crippen molar-refractivity contribution < 1.29 is 9.66 Å². The van der Waals surface area contributed by atoms with Crippen LogP contribution in [0.3, 0.4) is 0 Å². The number of benzene rings is 2. The summed E-state index contributed by atoms with van der Waals surface area (Å²) in [6.45, 7) is 2.52. The van der Waals surface area contributed by atoms with Gasteiger partial charge in [-0.1, -0.05) is 17.7 Å². The predicted molar refractivity (Wildman–Crippen MR) is 103 cm³/mol. The van der Waals surface area contributed by atoms with Crippen LogP contribution in [0.15, 0.2) is 47.6 Å². The second-order valence-corrected chi connectivity index (χ2v) is 5.56. The molecule has 2 rings (SSSR count). The molecule has 0 aliphatic rings. The molecule has 0 saturated heterocycles. The molecular weight excluding hydrogens is 364 g/mol. The number of thiocarbonyl (C=S) groups is 1. The van der Waals surface area contributed by atoms with E-state index in [1.54, 1.807) is 6.07 Å². The third-order valence-corrected chi connectivity index (χ3v) is 3.48. The van der Waals surface area contributed by atoms with Gasteiger partial charge in [0.1, 0.15) is 10.8 Å². The minimum Gasteiger partial charge on any atom is -0.494 e. The van der Waals surface area contributed by atoms with E-state index in [1.807, 2.05) is 31.2 Å². The normalized spacial score (nSPS) is 10.5. The Morgan fingerprint density at radius 2 is 2.08 bits per heavy atom. The van der Waals surface area contributed by atoms with E-state index in [0.717, 1.165) is 11.4 Å². The predicted octanol–water partition coefficient (Wildman–Crippen LogP) is 3.97. The van der Waals surface area contributed by atoms with Gasteiger partial charge in [-0.25, -0.2) is 0 Å². The summed E-state index contributed by atoms with van der Waals surface area (Å²) < 4.78 is 5.36. The van der Waals surface area contributed by atoms with Crippen LogP contribution in [0.1, 0.15) is 12.5 Å². The number of hydrogen-bond donors (Lipinski definition) is 2. The van der Waals surface area contributed by atoms with E-state index >= 15 is 0 Å². The lowest BCUT2D eigenvalue weighted by Crippen LogP contribution is -2.23. The van der Waals surface area contributed by atoms with Crippen molar-refractivity contribution in [3.8, 4) is 5.75 Å². The summed E-state index contributed by atoms with van der Waals surface area (Å²) in [5, 5.41) is 18.1. The van der Waals surface area contributed by atoms with Crippen LogP contribution in [0.5, 0.6) is 5.75 Å². The minimum atomic E-state index is -0.550. The zero-order chi connectivity index (χ0) is 18.2. The highest BCUT2D eigenvalue weighted by Gasteiger charge is 2.11. The van der Waals surface area contributed by atoms with Crippen LogP contribution in [0.25, 0.3) is 0 Å². The van der Waals surface area contributed by atoms with E-state index in [0.29, 0.717) is 12.2 Å². The van der Waals surface area contributed by atoms with Gasteiger partial charge in [0.15, 0.2) is 5.11 Å². The summed E-state index contributed by atoms with van der Waals surface area (Å²) in [6.07, 6.45) is 1.41. The van der Waals surface area contributed by atoms with Crippen molar-refractivity contribution in [3.63, 3.8) is 0 Å². The first kappa shape index (κ1) is 18.6. The van der Waals surface area contributed by atoms with Crippen molar-refractivity contribution in [1.29, 1.82) is 0 Å². The van der Waals surface area contributed by atoms with Gasteiger partial charge in [0, 0.05) is 17.3 Å². The minimum absolute atomic E-state index is 0.0720. The van der Waals surface area contributed by atoms with E-state index < -0.39 is 4.92 Å². The summed E-state index contributed by atoms with van der Waals surface area (Å²) in [4.78, 5) is 10.3. The number of nitrogens with one attached hydrogen (secondary N) is 2. The molecule has 9 heteroatoms. The third-order valence-electron chi connectivity index (χ3n) is 2.97. The molecule has 0 saturated carbocycles. The molecule has 0 aliphatic heterocycles. The standard InChI is InChI=1S/C16H15ClN4O3S/c1-2-24-13-6-4-12(5-7-13)19-16(25)20-18-10-11-3-8-14(17)15(9-11)21(22)23/h3-10H,2H2,1H3,(H2,19,20,25)/b18-10-. The molecule has 0 bridgehead atoms. The van der Waals surface area contributed by atoms with Gasteiger partial charge in [0.2, 0.25) is 0 Å². The smallest absolute Gasteiger partial charge is 0.288 e. The molecule has 0 spiro atoms. The van der Waals surface area contributed by atoms with Gasteiger partial charge in [-0.05, 0) is 49.5 Å². The summed E-state index contributed by atoms with van der Waals surface area (Å²) in [5.74, 6) is 0.772. The highest BCUT2D eigenvalue weighted by Crippen LogP contribution is 2.24. The van der Waals surface area contributed by atoms with E-state index in [9.17, 15) is 10.1 Å². The fourth-order valence-corrected chi connectivity index (χ4v) is 2.23. The van der Waals surface area contributed by atoms with Gasteiger partial charge in [0.25, 0.3) is 5.69 Å². The average molecular weight is 379 g/mol. The maximum absolute atomic E-state index is 10.8. The second-order valence-electron chi connectivity index (χ2n) is 4.75. The van der Waals surface area contributed by atoms with Gasteiger partial charge in [-0.15, -0.1) is 0 Å². The summed E-state index contributed by atoms with van der Waals surface area (Å²) in [5.41, 5.74) is 3.76. The molecule has 0 aromatic heterocycles. The first-order chi connectivity index (χ1) is 12.0. The zero-order valence-electron chi connectivity index (χ0n) is 13.2. The lowest BCUT2D eigenvalue weighted by molar-refractivity contribution is -0.384. The van der Waals surface area contributed by atoms with Crippen LogP contribution in [-0.4, -0.2) is 22.9 Å². The lowest BCUT2D eigenvalue weighted by Gasteiger charge is -2.08. The zero-order valence-corrected chi connectivity index (χ0v) is 14.8. The molecule has 0 aliphatic carbocycles. The van der Waals surface area contributed by atoms with E-state index in [4.69, 9.17) is 28.6 Å². The quantitative estimate of drug-likeness (QED) is 0.342. The molecule has 0 radical (unpaired) electrons. The molecule has 130 valence electrons. The van der Waals surface area contributed by atoms with Crippen LogP contribution in [0, 0.1) is 10.1 Å². The lowest BCUT2D eigenvalue weighted by atomic mass is 10.2. The Morgan fingerprint density at radius 3 is 2.72 bits per heavy atom. The van der Waals surface area contributed by atoms with Gasteiger partial charge in [0.05, 0.1) is 17.7 Å². The highest BCUT2D eigenvalue weighted by atomic mass is 35.5. The number of nitrogens with zero attached hydrogens (tertiary/aromatic N) is 2. The number of halogens is 1. The number of rotatable bonds is 6. The first-order valence-corrected chi connectivity index (χ1v) is 8.05. The number of hydrazone groups is 1. The Kier molecular flexibility index (Phi) is 6.67. The molecule has 25 heavy (non-hydrogen) atoms. The first-order valence-electron chi connectivity index (χ1n) is 7.26. The monoisotopic (exact) mass is 378 g/mol. The fourth-order valence-electron chi connectivity index (χ4n) is 1.88. The highest BCUT2D eigenvalue weighted by molar-refractivity contribution is 7.80. The molecule has 0 heterocycles. The Balaban J connectivity index is 1.92. The molecule has 2 aromatic rings. The Labute approximate surface area is 154 Å². The number of hydrogen-bond acceptors (Lipinski definition) is 5. The maximum Gasteiger partial charge on any atom is 0.288 e. The molecule has 0 fully saturated rings. The van der Waals surface area contributed by atoms with Crippen LogP contribution < -0.4 is 15.5 Å². The molecule has 0 atom stereocenters. The van der Waals surface area contributed by atoms with Gasteiger partial charge in [-0.3, -0.25) is 15.5 Å². The van der Waals surface area contributed by atoms with Crippen LogP contribution >= 0.6 is 23.8 Å². The Morgan fingerprint density at radius 1 is 1.36 bits per heavy atom. The van der Waals surface area contributed by atoms with Crippen molar-refractivity contribution in [2.45, 2.75) is 6.92 Å². The molecule has 7 nitrogen and oxygen atoms in total. The molecule has 0 amide bonds. The number of nitro groups is 1. The van der Waals surface area contributed by atoms with Crippen molar-refractivity contribution in [3.05, 3.63) is 63.2 Å². The van der Waals surface area contributed by atoms with E-state index in [2.05, 4.69) is 15.8 Å². The van der Waals surface area contributed by atoms with E-state index in [-0.39, 0.29) is 15.8 Å². The maximum atomic E-state index is 10.8. The Bertz CT molecular complexity index is 796. The number of ether oxygens (including phenoxy) is 1.